The smallest absolute Gasteiger partial charge is 0.258 e. The summed E-state index contributed by atoms with van der Waals surface area (Å²) in [5, 5.41) is 3.41. The van der Waals surface area contributed by atoms with Crippen LogP contribution >= 0.6 is 0 Å². The number of hydrogen-bond donors (Lipinski definition) is 2. The summed E-state index contributed by atoms with van der Waals surface area (Å²) in [7, 11) is 0. The number of carbonyl (C=O) groups is 1. The second-order valence-electron chi connectivity index (χ2n) is 7.30. The van der Waals surface area contributed by atoms with Crippen LogP contribution in [0.2, 0.25) is 0 Å². The van der Waals surface area contributed by atoms with Crippen molar-refractivity contribution in [2.24, 2.45) is 0 Å². The van der Waals surface area contributed by atoms with E-state index in [4.69, 9.17) is 0 Å². The van der Waals surface area contributed by atoms with Crippen molar-refractivity contribution in [1.29, 1.82) is 0 Å². The molecule has 3 aromatic rings. The van der Waals surface area contributed by atoms with Crippen LogP contribution in [0.3, 0.4) is 0 Å². The van der Waals surface area contributed by atoms with Gasteiger partial charge in [0.15, 0.2) is 0 Å². The van der Waals surface area contributed by atoms with E-state index in [1.54, 1.807) is 30.3 Å². The van der Waals surface area contributed by atoms with E-state index >= 15 is 0 Å². The van der Waals surface area contributed by atoms with Crippen LogP contribution in [0, 0.1) is 5.82 Å². The number of aromatic nitrogens is 2. The van der Waals surface area contributed by atoms with Crippen LogP contribution in [-0.4, -0.2) is 33.9 Å². The number of fused-ring (bicyclic) bond motifs is 1. The molecule has 1 aromatic heterocycles. The quantitative estimate of drug-likeness (QED) is 0.698. The molecular weight excluding hydrogens is 371 g/mol. The molecule has 2 aromatic carbocycles. The molecule has 1 saturated heterocycles. The van der Waals surface area contributed by atoms with Crippen molar-refractivity contribution >= 4 is 16.8 Å². The number of halogens is 1. The highest BCUT2D eigenvalue weighted by atomic mass is 19.1. The van der Waals surface area contributed by atoms with Gasteiger partial charge in [0.1, 0.15) is 17.7 Å². The third-order valence-corrected chi connectivity index (χ3v) is 5.28. The molecule has 1 atom stereocenters. The summed E-state index contributed by atoms with van der Waals surface area (Å²) < 4.78 is 13.4. The Balaban J connectivity index is 1.55. The number of H-pyrrole nitrogens is 1. The number of aromatic amines is 1. The predicted octanol–water partition coefficient (Wildman–Crippen LogP) is 2.91. The third-order valence-electron chi connectivity index (χ3n) is 5.28. The first-order valence-corrected chi connectivity index (χ1v) is 9.87. The molecule has 150 valence electrons. The van der Waals surface area contributed by atoms with Crippen LogP contribution in [0.4, 0.5) is 4.39 Å². The fraction of sp³-hybridized carbons (Fsp3) is 0.318. The normalized spacial score (nSPS) is 15.9. The van der Waals surface area contributed by atoms with Crippen molar-refractivity contribution in [3.05, 3.63) is 76.1 Å². The lowest BCUT2D eigenvalue weighted by Crippen LogP contribution is -2.43. The number of piperidine rings is 1. The van der Waals surface area contributed by atoms with Gasteiger partial charge in [-0.25, -0.2) is 9.37 Å². The number of likely N-dealkylation sites (tertiary alicyclic amines) is 1. The first-order valence-electron chi connectivity index (χ1n) is 9.87. The first-order chi connectivity index (χ1) is 14.1. The van der Waals surface area contributed by atoms with Crippen LogP contribution in [0.1, 0.15) is 36.7 Å². The number of hydrogen-bond acceptors (Lipinski definition) is 4. The number of nitrogens with zero attached hydrogens (tertiary/aromatic N) is 2. The number of amides is 1. The summed E-state index contributed by atoms with van der Waals surface area (Å²) in [6, 6.07) is 12.7. The van der Waals surface area contributed by atoms with Gasteiger partial charge in [0.05, 0.1) is 17.4 Å². The van der Waals surface area contributed by atoms with E-state index in [0.717, 1.165) is 37.9 Å². The summed E-state index contributed by atoms with van der Waals surface area (Å²) in [4.78, 5) is 34.6. The molecule has 6 nitrogen and oxygen atoms in total. The van der Waals surface area contributed by atoms with Gasteiger partial charge in [0, 0.05) is 0 Å². The van der Waals surface area contributed by atoms with Gasteiger partial charge in [-0.1, -0.05) is 30.7 Å². The number of nitrogens with one attached hydrogen (secondary N) is 2. The van der Waals surface area contributed by atoms with E-state index in [-0.39, 0.29) is 23.8 Å². The Kier molecular flexibility index (Phi) is 5.67. The standard InChI is InChI=1S/C22H23FN4O2/c23-16-10-8-15(9-11-16)20(27-12-4-1-5-13-27)22(29)24-14-19-25-18-7-3-2-6-17(18)21(28)26-19/h2-3,6-11,20H,1,4-5,12-14H2,(H,24,29)(H,25,26,28). The molecule has 1 unspecified atom stereocenters. The molecule has 1 fully saturated rings. The Labute approximate surface area is 167 Å². The topological polar surface area (TPSA) is 78.1 Å². The van der Waals surface area contributed by atoms with Crippen LogP contribution < -0.4 is 10.9 Å². The molecule has 0 saturated carbocycles. The number of carbonyl (C=O) groups excluding carboxylic acids is 1. The molecule has 0 aliphatic carbocycles. The second-order valence-corrected chi connectivity index (χ2v) is 7.30. The van der Waals surface area contributed by atoms with Gasteiger partial charge in [0.2, 0.25) is 5.91 Å². The van der Waals surface area contributed by atoms with E-state index in [1.165, 1.54) is 12.1 Å². The number of rotatable bonds is 5. The highest BCUT2D eigenvalue weighted by Crippen LogP contribution is 2.25. The maximum Gasteiger partial charge on any atom is 0.258 e. The van der Waals surface area contributed by atoms with Crippen molar-refractivity contribution in [3.8, 4) is 0 Å². The van der Waals surface area contributed by atoms with Crippen molar-refractivity contribution in [1.82, 2.24) is 20.2 Å². The number of benzene rings is 2. The van der Waals surface area contributed by atoms with E-state index in [1.807, 2.05) is 6.07 Å². The Morgan fingerprint density at radius 2 is 1.83 bits per heavy atom. The zero-order valence-corrected chi connectivity index (χ0v) is 16.0. The summed E-state index contributed by atoms with van der Waals surface area (Å²) in [6.07, 6.45) is 3.21. The maximum atomic E-state index is 13.4. The molecule has 0 bridgehead atoms. The van der Waals surface area contributed by atoms with Crippen molar-refractivity contribution in [3.63, 3.8) is 0 Å². The minimum absolute atomic E-state index is 0.116. The summed E-state index contributed by atoms with van der Waals surface area (Å²) >= 11 is 0. The van der Waals surface area contributed by atoms with Crippen molar-refractivity contribution in [2.75, 3.05) is 13.1 Å². The lowest BCUT2D eigenvalue weighted by atomic mass is 10.0. The predicted molar refractivity (Wildman–Crippen MR) is 109 cm³/mol. The second kappa shape index (κ2) is 8.53. The minimum Gasteiger partial charge on any atom is -0.347 e. The molecule has 2 heterocycles. The average molecular weight is 394 g/mol. The lowest BCUT2D eigenvalue weighted by Gasteiger charge is -2.33. The Bertz CT molecular complexity index is 1060. The van der Waals surface area contributed by atoms with Crippen LogP contribution in [0.25, 0.3) is 10.9 Å². The minimum atomic E-state index is -0.497. The van der Waals surface area contributed by atoms with E-state index in [0.29, 0.717) is 16.7 Å². The molecule has 0 spiro atoms. The molecule has 1 aliphatic rings. The molecule has 29 heavy (non-hydrogen) atoms. The van der Waals surface area contributed by atoms with Crippen LogP contribution in [0.15, 0.2) is 53.3 Å². The Hall–Kier alpha value is -3.06. The summed E-state index contributed by atoms with van der Waals surface area (Å²) in [5.74, 6) is -0.114. The van der Waals surface area contributed by atoms with E-state index < -0.39 is 6.04 Å². The monoisotopic (exact) mass is 394 g/mol. The fourth-order valence-electron chi connectivity index (χ4n) is 3.84. The highest BCUT2D eigenvalue weighted by molar-refractivity contribution is 5.83. The number of para-hydroxylation sites is 1. The zero-order chi connectivity index (χ0) is 20.2. The fourth-order valence-corrected chi connectivity index (χ4v) is 3.84. The molecule has 1 aliphatic heterocycles. The Morgan fingerprint density at radius 3 is 2.59 bits per heavy atom. The maximum absolute atomic E-state index is 13.4. The SMILES string of the molecule is O=C(NCc1nc2ccccc2c(=O)[nH]1)C(c1ccc(F)cc1)N1CCCCC1. The van der Waals surface area contributed by atoms with Gasteiger partial charge in [-0.05, 0) is 55.8 Å². The van der Waals surface area contributed by atoms with E-state index in [9.17, 15) is 14.0 Å². The molecule has 7 heteroatoms. The summed E-state index contributed by atoms with van der Waals surface area (Å²) in [6.45, 7) is 1.76. The first kappa shape index (κ1) is 19.3. The van der Waals surface area contributed by atoms with Gasteiger partial charge in [-0.2, -0.15) is 0 Å². The molecular formula is C22H23FN4O2. The lowest BCUT2D eigenvalue weighted by molar-refractivity contribution is -0.127. The highest BCUT2D eigenvalue weighted by Gasteiger charge is 2.28. The average Bonchev–Trinajstić information content (AvgIpc) is 2.75. The summed E-state index contributed by atoms with van der Waals surface area (Å²) in [5.41, 5.74) is 1.11. The van der Waals surface area contributed by atoms with Gasteiger partial charge < -0.3 is 10.3 Å². The molecule has 2 N–H and O–H groups in total. The molecule has 4 rings (SSSR count). The third kappa shape index (κ3) is 4.35. The van der Waals surface area contributed by atoms with Crippen LogP contribution in [0.5, 0.6) is 0 Å². The van der Waals surface area contributed by atoms with Crippen LogP contribution in [-0.2, 0) is 11.3 Å². The molecule has 0 radical (unpaired) electrons. The van der Waals surface area contributed by atoms with Crippen molar-refractivity contribution < 1.29 is 9.18 Å². The van der Waals surface area contributed by atoms with Gasteiger partial charge in [-0.3, -0.25) is 14.5 Å². The van der Waals surface area contributed by atoms with Gasteiger partial charge in [-0.15, -0.1) is 0 Å². The van der Waals surface area contributed by atoms with E-state index in [2.05, 4.69) is 20.2 Å². The zero-order valence-electron chi connectivity index (χ0n) is 16.0. The largest absolute Gasteiger partial charge is 0.347 e. The van der Waals surface area contributed by atoms with Gasteiger partial charge in [0.25, 0.3) is 5.56 Å². The Morgan fingerprint density at radius 1 is 1.10 bits per heavy atom. The molecule has 1 amide bonds. The van der Waals surface area contributed by atoms with Crippen molar-refractivity contribution in [2.45, 2.75) is 31.8 Å². The van der Waals surface area contributed by atoms with Gasteiger partial charge >= 0.3 is 0 Å².